The maximum atomic E-state index is 11.3. The molecule has 0 aliphatic heterocycles. The van der Waals surface area contributed by atoms with Gasteiger partial charge in [0, 0.05) is 26.3 Å². The maximum absolute atomic E-state index is 11.3. The van der Waals surface area contributed by atoms with Gasteiger partial charge < -0.3 is 19.1 Å². The van der Waals surface area contributed by atoms with Crippen molar-refractivity contribution in [1.29, 1.82) is 5.26 Å². The van der Waals surface area contributed by atoms with E-state index in [1.807, 2.05) is 4.90 Å². The number of nitrogens with zero attached hydrogens (tertiary/aromatic N) is 2. The average molecular weight is 292 g/mol. The molecule has 0 unspecified atom stereocenters. The number of ether oxygens (including phenoxy) is 3. The fourth-order valence-electron chi connectivity index (χ4n) is 1.88. The van der Waals surface area contributed by atoms with Crippen molar-refractivity contribution in [3.05, 3.63) is 23.8 Å². The van der Waals surface area contributed by atoms with E-state index in [4.69, 9.17) is 9.47 Å². The number of nitriles is 1. The molecule has 0 saturated carbocycles. The molecule has 0 spiro atoms. The molecule has 0 N–H and O–H groups in total. The van der Waals surface area contributed by atoms with Crippen LogP contribution in [-0.2, 0) is 14.3 Å². The molecule has 0 aromatic heterocycles. The van der Waals surface area contributed by atoms with E-state index in [0.29, 0.717) is 31.0 Å². The van der Waals surface area contributed by atoms with Gasteiger partial charge in [0.05, 0.1) is 38.5 Å². The Kier molecular flexibility index (Phi) is 7.05. The normalized spacial score (nSPS) is 9.81. The SMILES string of the molecule is COCCN(CCC(=O)OC)c1cc(OC)ccc1C#N. The fraction of sp³-hybridized carbons (Fsp3) is 0.467. The smallest absolute Gasteiger partial charge is 0.307 e. The zero-order chi connectivity index (χ0) is 15.7. The standard InChI is InChI=1S/C15H20N2O4/c1-19-9-8-17(7-6-15(18)21-3)14-10-13(20-2)5-4-12(14)11-16/h4-5,10H,6-9H2,1-3H3. The molecule has 1 aromatic rings. The van der Waals surface area contributed by atoms with Crippen LogP contribution in [0.5, 0.6) is 5.75 Å². The highest BCUT2D eigenvalue weighted by atomic mass is 16.5. The summed E-state index contributed by atoms with van der Waals surface area (Å²) < 4.78 is 14.9. The molecule has 1 aromatic carbocycles. The van der Waals surface area contributed by atoms with Gasteiger partial charge in [-0.3, -0.25) is 4.79 Å². The second-order valence-corrected chi connectivity index (χ2v) is 4.30. The quantitative estimate of drug-likeness (QED) is 0.677. The summed E-state index contributed by atoms with van der Waals surface area (Å²) in [5, 5.41) is 9.24. The first kappa shape index (κ1) is 16.8. The number of hydrogen-bond donors (Lipinski definition) is 0. The lowest BCUT2D eigenvalue weighted by Crippen LogP contribution is -2.30. The van der Waals surface area contributed by atoms with Crippen LogP contribution in [0.4, 0.5) is 5.69 Å². The summed E-state index contributed by atoms with van der Waals surface area (Å²) in [6.45, 7) is 1.50. The third kappa shape index (κ3) is 4.97. The van der Waals surface area contributed by atoms with Crippen LogP contribution in [0.1, 0.15) is 12.0 Å². The summed E-state index contributed by atoms with van der Waals surface area (Å²) >= 11 is 0. The Morgan fingerprint density at radius 2 is 2.05 bits per heavy atom. The molecule has 0 heterocycles. The van der Waals surface area contributed by atoms with Crippen molar-refractivity contribution in [2.75, 3.05) is 45.9 Å². The Morgan fingerprint density at radius 1 is 1.29 bits per heavy atom. The molecule has 0 atom stereocenters. The third-order valence-electron chi connectivity index (χ3n) is 3.04. The number of anilines is 1. The van der Waals surface area contributed by atoms with Crippen LogP contribution >= 0.6 is 0 Å². The number of benzene rings is 1. The number of esters is 1. The number of methoxy groups -OCH3 is 3. The molecule has 0 amide bonds. The molecule has 114 valence electrons. The minimum Gasteiger partial charge on any atom is -0.497 e. The van der Waals surface area contributed by atoms with Gasteiger partial charge in [-0.25, -0.2) is 0 Å². The van der Waals surface area contributed by atoms with Gasteiger partial charge in [-0.15, -0.1) is 0 Å². The van der Waals surface area contributed by atoms with E-state index in [0.717, 1.165) is 5.69 Å². The van der Waals surface area contributed by atoms with Crippen LogP contribution in [0, 0.1) is 11.3 Å². The lowest BCUT2D eigenvalue weighted by atomic mass is 10.1. The van der Waals surface area contributed by atoms with Crippen molar-refractivity contribution >= 4 is 11.7 Å². The third-order valence-corrected chi connectivity index (χ3v) is 3.04. The van der Waals surface area contributed by atoms with Gasteiger partial charge in [0.15, 0.2) is 0 Å². The van der Waals surface area contributed by atoms with Crippen molar-refractivity contribution in [2.24, 2.45) is 0 Å². The molecule has 0 aliphatic rings. The zero-order valence-electron chi connectivity index (χ0n) is 12.6. The molecular formula is C15H20N2O4. The average Bonchev–Trinajstić information content (AvgIpc) is 2.54. The zero-order valence-corrected chi connectivity index (χ0v) is 12.6. The molecule has 0 bridgehead atoms. The van der Waals surface area contributed by atoms with Crippen LogP contribution in [0.15, 0.2) is 18.2 Å². The molecule has 6 nitrogen and oxygen atoms in total. The summed E-state index contributed by atoms with van der Waals surface area (Å²) in [6.07, 6.45) is 0.238. The van der Waals surface area contributed by atoms with E-state index in [1.165, 1.54) is 7.11 Å². The van der Waals surface area contributed by atoms with E-state index in [9.17, 15) is 10.1 Å². The van der Waals surface area contributed by atoms with Crippen molar-refractivity contribution in [3.8, 4) is 11.8 Å². The molecule has 0 fully saturated rings. The monoisotopic (exact) mass is 292 g/mol. The van der Waals surface area contributed by atoms with Gasteiger partial charge >= 0.3 is 5.97 Å². The highest BCUT2D eigenvalue weighted by Crippen LogP contribution is 2.26. The lowest BCUT2D eigenvalue weighted by Gasteiger charge is -2.25. The first-order chi connectivity index (χ1) is 10.2. The van der Waals surface area contributed by atoms with Gasteiger partial charge in [0.1, 0.15) is 11.8 Å². The van der Waals surface area contributed by atoms with Gasteiger partial charge in [0.25, 0.3) is 0 Å². The lowest BCUT2D eigenvalue weighted by molar-refractivity contribution is -0.140. The Labute approximate surface area is 124 Å². The molecule has 0 radical (unpaired) electrons. The molecule has 6 heteroatoms. The minimum absolute atomic E-state index is 0.238. The van der Waals surface area contributed by atoms with Crippen LogP contribution in [0.2, 0.25) is 0 Å². The minimum atomic E-state index is -0.293. The molecule has 21 heavy (non-hydrogen) atoms. The van der Waals surface area contributed by atoms with Crippen LogP contribution < -0.4 is 9.64 Å². The Bertz CT molecular complexity index is 511. The van der Waals surface area contributed by atoms with E-state index in [-0.39, 0.29) is 12.4 Å². The molecule has 1 rings (SSSR count). The highest BCUT2D eigenvalue weighted by molar-refractivity contribution is 5.70. The van der Waals surface area contributed by atoms with E-state index < -0.39 is 0 Å². The van der Waals surface area contributed by atoms with Crippen LogP contribution in [-0.4, -0.2) is 47.0 Å². The van der Waals surface area contributed by atoms with E-state index in [1.54, 1.807) is 32.4 Å². The number of rotatable bonds is 8. The predicted octanol–water partition coefficient (Wildman–Crippen LogP) is 1.58. The Balaban J connectivity index is 3.00. The maximum Gasteiger partial charge on any atom is 0.307 e. The summed E-state index contributed by atoms with van der Waals surface area (Å²) in [5.41, 5.74) is 1.24. The van der Waals surface area contributed by atoms with Crippen molar-refractivity contribution in [3.63, 3.8) is 0 Å². The number of carbonyl (C=O) groups excluding carboxylic acids is 1. The van der Waals surface area contributed by atoms with Gasteiger partial charge in [-0.2, -0.15) is 5.26 Å². The fourth-order valence-corrected chi connectivity index (χ4v) is 1.88. The number of hydrogen-bond acceptors (Lipinski definition) is 6. The van der Waals surface area contributed by atoms with Crippen molar-refractivity contribution < 1.29 is 19.0 Å². The summed E-state index contributed by atoms with van der Waals surface area (Å²) in [6, 6.07) is 7.37. The second kappa shape index (κ2) is 8.82. The van der Waals surface area contributed by atoms with E-state index in [2.05, 4.69) is 10.8 Å². The van der Waals surface area contributed by atoms with Gasteiger partial charge in [-0.05, 0) is 12.1 Å². The Hall–Kier alpha value is -2.26. The topological polar surface area (TPSA) is 71.8 Å². The van der Waals surface area contributed by atoms with Crippen molar-refractivity contribution in [1.82, 2.24) is 0 Å². The van der Waals surface area contributed by atoms with Crippen LogP contribution in [0.25, 0.3) is 0 Å². The summed E-state index contributed by atoms with van der Waals surface area (Å²) in [4.78, 5) is 13.2. The van der Waals surface area contributed by atoms with Crippen molar-refractivity contribution in [2.45, 2.75) is 6.42 Å². The van der Waals surface area contributed by atoms with Gasteiger partial charge in [0.2, 0.25) is 0 Å². The van der Waals surface area contributed by atoms with E-state index >= 15 is 0 Å². The highest BCUT2D eigenvalue weighted by Gasteiger charge is 2.14. The number of carbonyl (C=O) groups is 1. The first-order valence-electron chi connectivity index (χ1n) is 6.55. The Morgan fingerprint density at radius 3 is 2.62 bits per heavy atom. The van der Waals surface area contributed by atoms with Crippen LogP contribution in [0.3, 0.4) is 0 Å². The summed E-state index contributed by atoms with van der Waals surface area (Å²) in [7, 11) is 4.53. The first-order valence-corrected chi connectivity index (χ1v) is 6.55. The molecule has 0 aliphatic carbocycles. The molecule has 0 saturated heterocycles. The summed E-state index contributed by atoms with van der Waals surface area (Å²) in [5.74, 6) is 0.364. The van der Waals surface area contributed by atoms with Gasteiger partial charge in [-0.1, -0.05) is 0 Å². The molecular weight excluding hydrogens is 272 g/mol. The largest absolute Gasteiger partial charge is 0.497 e. The second-order valence-electron chi connectivity index (χ2n) is 4.30. The predicted molar refractivity (Wildman–Crippen MR) is 78.4 cm³/mol.